The van der Waals surface area contributed by atoms with E-state index in [1.165, 1.54) is 0 Å². The average Bonchev–Trinajstić information content (AvgIpc) is 3.91. The van der Waals surface area contributed by atoms with Crippen LogP contribution in [0.5, 0.6) is 5.75 Å². The molecule has 0 spiro atoms. The van der Waals surface area contributed by atoms with E-state index in [0.29, 0.717) is 38.6 Å². The van der Waals surface area contributed by atoms with E-state index in [4.69, 9.17) is 19.0 Å². The summed E-state index contributed by atoms with van der Waals surface area (Å²) in [6, 6.07) is 13.4. The predicted octanol–water partition coefficient (Wildman–Crippen LogP) is 5.19. The Bertz CT molecular complexity index is 1690. The lowest BCUT2D eigenvalue weighted by Gasteiger charge is -2.50. The van der Waals surface area contributed by atoms with Crippen molar-refractivity contribution in [2.75, 3.05) is 19.7 Å². The van der Waals surface area contributed by atoms with Crippen LogP contribution in [0.1, 0.15) is 101 Å². The Balaban J connectivity index is 1.18. The number of amides is 2. The van der Waals surface area contributed by atoms with Gasteiger partial charge in [-0.15, -0.1) is 0 Å². The zero-order valence-corrected chi connectivity index (χ0v) is 32.2. The van der Waals surface area contributed by atoms with E-state index in [2.05, 4.69) is 19.2 Å². The van der Waals surface area contributed by atoms with Crippen LogP contribution in [0.25, 0.3) is 6.08 Å². The molecule has 2 bridgehead atoms. The molecule has 4 saturated heterocycles. The van der Waals surface area contributed by atoms with Gasteiger partial charge < -0.3 is 34.6 Å². The molecule has 5 fully saturated rings. The van der Waals surface area contributed by atoms with E-state index in [0.717, 1.165) is 55.2 Å². The van der Waals surface area contributed by atoms with Crippen LogP contribution < -0.4 is 5.32 Å². The Morgan fingerprint density at radius 3 is 2.42 bits per heavy atom. The van der Waals surface area contributed by atoms with Crippen LogP contribution in [-0.4, -0.2) is 99.9 Å². The maximum atomic E-state index is 15.2. The second-order valence-electron chi connectivity index (χ2n) is 15.9. The number of aromatic hydroxyl groups is 1. The molecule has 4 aliphatic heterocycles. The van der Waals surface area contributed by atoms with E-state index >= 15 is 4.79 Å². The number of benzene rings is 2. The fourth-order valence-corrected chi connectivity index (χ4v) is 9.44. The summed E-state index contributed by atoms with van der Waals surface area (Å²) in [6.07, 6.45) is 10.6. The number of likely N-dealkylation sites (tertiary alicyclic amines) is 1. The van der Waals surface area contributed by atoms with Crippen LogP contribution in [-0.2, 0) is 46.4 Å². The summed E-state index contributed by atoms with van der Waals surface area (Å²) < 4.78 is 20.1. The maximum Gasteiger partial charge on any atom is 0.327 e. The summed E-state index contributed by atoms with van der Waals surface area (Å²) in [5, 5.41) is 23.9. The van der Waals surface area contributed by atoms with E-state index in [9.17, 15) is 19.8 Å². The van der Waals surface area contributed by atoms with Crippen molar-refractivity contribution < 1.29 is 43.6 Å². The number of hydrogen-bond acceptors (Lipinski definition) is 10. The third kappa shape index (κ3) is 7.81. The molecule has 2 aromatic carbocycles. The van der Waals surface area contributed by atoms with Gasteiger partial charge in [0.15, 0.2) is 11.8 Å². The minimum Gasteiger partial charge on any atom is -0.508 e. The summed E-state index contributed by atoms with van der Waals surface area (Å²) in [7, 11) is 0. The van der Waals surface area contributed by atoms with Gasteiger partial charge in [0, 0.05) is 32.4 Å². The van der Waals surface area contributed by atoms with Crippen molar-refractivity contribution >= 4 is 23.9 Å². The van der Waals surface area contributed by atoms with Crippen molar-refractivity contribution in [1.82, 2.24) is 15.3 Å². The van der Waals surface area contributed by atoms with Gasteiger partial charge in [-0.05, 0) is 54.9 Å². The minimum atomic E-state index is -1.36. The van der Waals surface area contributed by atoms with Gasteiger partial charge in [-0.2, -0.15) is 5.06 Å². The number of ether oxygens (including phenoxy) is 3. The second-order valence-corrected chi connectivity index (χ2v) is 15.9. The summed E-state index contributed by atoms with van der Waals surface area (Å²) in [5.41, 5.74) is 1.34. The number of aliphatic hydroxyl groups is 1. The molecule has 7 atom stereocenters. The van der Waals surface area contributed by atoms with Crippen LogP contribution >= 0.6 is 0 Å². The van der Waals surface area contributed by atoms with Crippen molar-refractivity contribution in [1.29, 1.82) is 0 Å². The van der Waals surface area contributed by atoms with E-state index < -0.39 is 53.7 Å². The number of phenolic OH excluding ortho intramolecular Hbond substituents is 1. The first-order chi connectivity index (χ1) is 26.7. The van der Waals surface area contributed by atoms with Crippen LogP contribution in [0.2, 0.25) is 0 Å². The van der Waals surface area contributed by atoms with Gasteiger partial charge in [-0.3, -0.25) is 19.2 Å². The van der Waals surface area contributed by atoms with E-state index in [1.54, 1.807) is 22.1 Å². The van der Waals surface area contributed by atoms with E-state index in [1.807, 2.05) is 48.6 Å². The zero-order chi connectivity index (χ0) is 38.6. The molecule has 2 amide bonds. The SMILES string of the molecule is CCCCCC1(CCCCC)O[C@@H]2[C@H]3ON(Cc4ccc(C=CCc5ccccc5O)cc4)[C@H]4C(=O)OC(CC34C(=O)N3CCC[C@@H]3C(=O)NCCO)[C@@H]2O1. The molecule has 298 valence electrons. The molecule has 0 aromatic heterocycles. The fourth-order valence-electron chi connectivity index (χ4n) is 9.44. The minimum absolute atomic E-state index is 0.0946. The molecule has 12 heteroatoms. The van der Waals surface area contributed by atoms with Gasteiger partial charge in [-0.1, -0.05) is 94.1 Å². The molecule has 5 aliphatic rings. The smallest absolute Gasteiger partial charge is 0.327 e. The molecule has 7 rings (SSSR count). The fraction of sp³-hybridized carbons (Fsp3) is 0.605. The lowest BCUT2D eigenvalue weighted by Crippen LogP contribution is -2.70. The van der Waals surface area contributed by atoms with Crippen LogP contribution in [0.4, 0.5) is 0 Å². The maximum absolute atomic E-state index is 15.2. The molecule has 0 radical (unpaired) electrons. The molecule has 1 saturated carbocycles. The van der Waals surface area contributed by atoms with Crippen LogP contribution in [0.15, 0.2) is 54.6 Å². The Hall–Kier alpha value is -3.81. The lowest BCUT2D eigenvalue weighted by molar-refractivity contribution is -0.225. The number of para-hydroxylation sites is 1. The number of esters is 1. The first-order valence-electron chi connectivity index (χ1n) is 20.4. The Kier molecular flexibility index (Phi) is 12.3. The van der Waals surface area contributed by atoms with E-state index in [-0.39, 0.29) is 43.7 Å². The largest absolute Gasteiger partial charge is 0.508 e. The number of phenols is 1. The highest BCUT2D eigenvalue weighted by Gasteiger charge is 2.77. The summed E-state index contributed by atoms with van der Waals surface area (Å²) in [4.78, 5) is 51.3. The number of fused-ring (bicyclic) bond motifs is 4. The summed E-state index contributed by atoms with van der Waals surface area (Å²) in [5.74, 6) is -1.75. The number of unbranched alkanes of at least 4 members (excludes halogenated alkanes) is 4. The highest BCUT2D eigenvalue weighted by molar-refractivity contribution is 5.96. The molecular formula is C43H57N3O9. The number of carbonyl (C=O) groups is 3. The van der Waals surface area contributed by atoms with Crippen molar-refractivity contribution in [2.45, 2.75) is 140 Å². The van der Waals surface area contributed by atoms with Crippen LogP contribution in [0, 0.1) is 5.41 Å². The third-order valence-electron chi connectivity index (χ3n) is 12.2. The quantitative estimate of drug-likeness (QED) is 0.146. The van der Waals surface area contributed by atoms with Crippen molar-refractivity contribution in [3.8, 4) is 5.75 Å². The number of rotatable bonds is 17. The number of hydrogen-bond donors (Lipinski definition) is 3. The van der Waals surface area contributed by atoms with Gasteiger partial charge in [0.05, 0.1) is 13.2 Å². The number of nitrogens with zero attached hydrogens (tertiary/aromatic N) is 2. The Labute approximate surface area is 324 Å². The third-order valence-corrected chi connectivity index (χ3v) is 12.2. The average molecular weight is 760 g/mol. The lowest BCUT2D eigenvalue weighted by atomic mass is 9.62. The molecule has 1 aliphatic carbocycles. The standard InChI is InChI=1S/C43H57N3O9/c1-3-5-9-22-42(23-10-6-4-2)53-35-34-27-43(41(51)45-25-12-16-32(45)39(49)44-24-26-47)37(40(50)52-34)46(55-38(43)36(35)54-42)28-30-20-18-29(19-21-30)13-11-15-31-14-7-8-17-33(31)48/h7-8,11,13-14,17-21,32,34-38,47-48H,3-6,9-10,12,15-16,22-28H2,1-2H3,(H,44,49)/t32-,34?,35+,36+,37+,38-,43?/m1/s1. The first-order valence-corrected chi connectivity index (χ1v) is 20.4. The number of aliphatic hydroxyl groups excluding tert-OH is 1. The number of allylic oxidation sites excluding steroid dienone is 1. The molecular weight excluding hydrogens is 702 g/mol. The van der Waals surface area contributed by atoms with Gasteiger partial charge in [-0.25, -0.2) is 0 Å². The van der Waals surface area contributed by atoms with Crippen molar-refractivity contribution in [3.63, 3.8) is 0 Å². The van der Waals surface area contributed by atoms with Crippen molar-refractivity contribution in [2.24, 2.45) is 5.41 Å². The second kappa shape index (κ2) is 17.1. The van der Waals surface area contributed by atoms with Crippen LogP contribution in [0.3, 0.4) is 0 Å². The molecule has 3 N–H and O–H groups in total. The topological polar surface area (TPSA) is 147 Å². The number of nitrogens with one attached hydrogen (secondary N) is 1. The number of carbonyl (C=O) groups excluding carboxylic acids is 3. The highest BCUT2D eigenvalue weighted by Crippen LogP contribution is 2.59. The summed E-state index contributed by atoms with van der Waals surface area (Å²) >= 11 is 0. The molecule has 2 unspecified atom stereocenters. The van der Waals surface area contributed by atoms with Gasteiger partial charge in [0.25, 0.3) is 0 Å². The van der Waals surface area contributed by atoms with Gasteiger partial charge in [0.2, 0.25) is 11.8 Å². The highest BCUT2D eigenvalue weighted by atomic mass is 16.8. The number of hydroxylamine groups is 2. The summed E-state index contributed by atoms with van der Waals surface area (Å²) in [6.45, 7) is 4.81. The monoisotopic (exact) mass is 759 g/mol. The van der Waals surface area contributed by atoms with Gasteiger partial charge >= 0.3 is 5.97 Å². The molecule has 55 heavy (non-hydrogen) atoms. The van der Waals surface area contributed by atoms with Gasteiger partial charge in [0.1, 0.15) is 41.6 Å². The molecule has 2 aromatic rings. The predicted molar refractivity (Wildman–Crippen MR) is 204 cm³/mol. The molecule has 4 heterocycles. The molecule has 12 nitrogen and oxygen atoms in total. The first kappa shape index (κ1) is 39.4. The van der Waals surface area contributed by atoms with Crippen molar-refractivity contribution in [3.05, 3.63) is 71.3 Å². The zero-order valence-electron chi connectivity index (χ0n) is 32.2. The normalized spacial score (nSPS) is 29.4. The Morgan fingerprint density at radius 1 is 0.982 bits per heavy atom. The Morgan fingerprint density at radius 2 is 1.71 bits per heavy atom.